The van der Waals surface area contributed by atoms with E-state index in [1.807, 2.05) is 0 Å². The molecular formula is C17H15ClN6O7S2. The smallest absolute Gasteiger partial charge is 0.352 e. The van der Waals surface area contributed by atoms with Crippen LogP contribution in [0.5, 0.6) is 0 Å². The zero-order valence-corrected chi connectivity index (χ0v) is 19.1. The van der Waals surface area contributed by atoms with Crippen molar-refractivity contribution in [3.05, 3.63) is 21.3 Å². The van der Waals surface area contributed by atoms with E-state index < -0.39 is 47.5 Å². The van der Waals surface area contributed by atoms with Crippen LogP contribution in [0.3, 0.4) is 0 Å². The molecule has 1 fully saturated rings. The molecule has 1 aromatic heterocycles. The lowest BCUT2D eigenvalue weighted by Gasteiger charge is -2.49. The Hall–Kier alpha value is -3.35. The van der Waals surface area contributed by atoms with Crippen LogP contribution in [0.4, 0.5) is 5.13 Å². The number of nitrogens with zero attached hydrogens (tertiary/aromatic N) is 4. The summed E-state index contributed by atoms with van der Waals surface area (Å²) in [5.74, 6) is -3.36. The van der Waals surface area contributed by atoms with Crippen molar-refractivity contribution < 1.29 is 33.9 Å². The number of hydrogen-bond donors (Lipinski definition) is 3. The van der Waals surface area contributed by atoms with Crippen molar-refractivity contribution in [1.29, 1.82) is 5.26 Å². The molecule has 33 heavy (non-hydrogen) atoms. The predicted molar refractivity (Wildman–Crippen MR) is 116 cm³/mol. The minimum atomic E-state index is -1.36. The Morgan fingerprint density at radius 2 is 2.21 bits per heavy atom. The van der Waals surface area contributed by atoms with Crippen molar-refractivity contribution in [2.24, 2.45) is 5.16 Å². The molecular weight excluding hydrogens is 500 g/mol. The summed E-state index contributed by atoms with van der Waals surface area (Å²) in [6.45, 7) is 0.455. The molecule has 0 radical (unpaired) electrons. The number of nitrogens with one attached hydrogen (secondary N) is 1. The maximum atomic E-state index is 12.9. The number of aromatic nitrogens is 1. The van der Waals surface area contributed by atoms with Crippen LogP contribution in [0.25, 0.3) is 0 Å². The molecule has 2 aliphatic heterocycles. The first-order valence-electron chi connectivity index (χ1n) is 8.99. The standard InChI is InChI=1S/C17H15ClN6O7S2/c1-6(25)30-4-7-5-32-15-10(14(27)24(15)11(7)16(28)29)21-13(26)9(23-31-3-2-19)8-12(18)33-17(20)22-8/h10,15H,3-5H2,1H3,(H2,20,22)(H,21,26)(H,28,29)/t10-,15-/m1/s1. The van der Waals surface area contributed by atoms with E-state index in [9.17, 15) is 24.3 Å². The first kappa shape index (κ1) is 24.3. The number of amides is 2. The fraction of sp³-hybridized carbons (Fsp3) is 0.353. The molecule has 3 heterocycles. The number of anilines is 1. The van der Waals surface area contributed by atoms with Crippen LogP contribution in [0.1, 0.15) is 12.6 Å². The number of nitrogens with two attached hydrogens (primary N) is 1. The second kappa shape index (κ2) is 10.1. The second-order valence-corrected chi connectivity index (χ2v) is 9.18. The number of hydrogen-bond acceptors (Lipinski definition) is 12. The summed E-state index contributed by atoms with van der Waals surface area (Å²) in [6.07, 6.45) is 0. The van der Waals surface area contributed by atoms with Gasteiger partial charge in [-0.25, -0.2) is 9.78 Å². The number of thioether (sulfide) groups is 1. The van der Waals surface area contributed by atoms with Gasteiger partial charge in [0.2, 0.25) is 6.61 Å². The Kier molecular flexibility index (Phi) is 7.41. The number of esters is 1. The molecule has 3 rings (SSSR count). The van der Waals surface area contributed by atoms with E-state index in [0.717, 1.165) is 16.2 Å². The molecule has 13 nitrogen and oxygen atoms in total. The second-order valence-electron chi connectivity index (χ2n) is 6.44. The van der Waals surface area contributed by atoms with E-state index in [4.69, 9.17) is 32.2 Å². The number of carboxylic acid groups (broad SMARTS) is 1. The van der Waals surface area contributed by atoms with Crippen LogP contribution >= 0.6 is 34.7 Å². The maximum absolute atomic E-state index is 12.9. The lowest BCUT2D eigenvalue weighted by Crippen LogP contribution is -2.71. The number of β-lactam (4-membered cyclic amide) rings is 1. The van der Waals surface area contributed by atoms with Gasteiger partial charge in [0.1, 0.15) is 39.8 Å². The van der Waals surface area contributed by atoms with E-state index >= 15 is 0 Å². The van der Waals surface area contributed by atoms with E-state index in [0.29, 0.717) is 0 Å². The van der Waals surface area contributed by atoms with E-state index in [-0.39, 0.29) is 38.8 Å². The number of ether oxygens (including phenoxy) is 1. The van der Waals surface area contributed by atoms with Gasteiger partial charge in [0, 0.05) is 18.2 Å². The normalized spacial score (nSPS) is 19.8. The number of aliphatic carboxylic acids is 1. The number of fused-ring (bicyclic) bond motifs is 1. The molecule has 2 amide bonds. The Morgan fingerprint density at radius 1 is 1.48 bits per heavy atom. The number of carbonyl (C=O) groups excluding carboxylic acids is 3. The maximum Gasteiger partial charge on any atom is 0.352 e. The molecule has 0 spiro atoms. The van der Waals surface area contributed by atoms with Crippen molar-refractivity contribution in [1.82, 2.24) is 15.2 Å². The Balaban J connectivity index is 1.81. The summed E-state index contributed by atoms with van der Waals surface area (Å²) < 4.78 is 4.92. The lowest BCUT2D eigenvalue weighted by atomic mass is 10.0. The van der Waals surface area contributed by atoms with Gasteiger partial charge in [0.05, 0.1) is 0 Å². The molecule has 1 saturated heterocycles. The first-order valence-corrected chi connectivity index (χ1v) is 11.2. The molecule has 4 N–H and O–H groups in total. The number of carboxylic acids is 1. The summed E-state index contributed by atoms with van der Waals surface area (Å²) in [6, 6.07) is 0.604. The molecule has 0 aliphatic carbocycles. The zero-order valence-electron chi connectivity index (χ0n) is 16.7. The van der Waals surface area contributed by atoms with Crippen molar-refractivity contribution in [2.45, 2.75) is 18.3 Å². The summed E-state index contributed by atoms with van der Waals surface area (Å²) in [5, 5.41) is 23.6. The number of halogens is 1. The van der Waals surface area contributed by atoms with Crippen LogP contribution in [0, 0.1) is 11.3 Å². The third-order valence-electron chi connectivity index (χ3n) is 4.31. The average Bonchev–Trinajstić information content (AvgIpc) is 3.09. The fourth-order valence-corrected chi connectivity index (χ4v) is 5.23. The molecule has 0 unspecified atom stereocenters. The molecule has 2 aliphatic rings. The largest absolute Gasteiger partial charge is 0.477 e. The van der Waals surface area contributed by atoms with Gasteiger partial charge in [-0.15, -0.1) is 11.8 Å². The summed E-state index contributed by atoms with van der Waals surface area (Å²) in [4.78, 5) is 58.2. The molecule has 174 valence electrons. The predicted octanol–water partition coefficient (Wildman–Crippen LogP) is -0.0753. The molecule has 0 saturated carbocycles. The summed E-state index contributed by atoms with van der Waals surface area (Å²) >= 11 is 8.12. The van der Waals surface area contributed by atoms with Crippen LogP contribution in [-0.2, 0) is 28.8 Å². The average molecular weight is 515 g/mol. The third kappa shape index (κ3) is 5.02. The highest BCUT2D eigenvalue weighted by atomic mass is 35.5. The zero-order chi connectivity index (χ0) is 24.3. The highest BCUT2D eigenvalue weighted by Gasteiger charge is 2.54. The topological polar surface area (TPSA) is 197 Å². The molecule has 0 bridgehead atoms. The van der Waals surface area contributed by atoms with Crippen molar-refractivity contribution in [3.8, 4) is 6.07 Å². The van der Waals surface area contributed by atoms with Gasteiger partial charge in [0.25, 0.3) is 11.8 Å². The SMILES string of the molecule is CC(=O)OCC1=C(C(=O)O)N2C(=O)[C@@H](NC(=O)C(=NOCC#N)c3nc(N)sc3Cl)[C@H]2SC1. The van der Waals surface area contributed by atoms with Crippen molar-refractivity contribution in [3.63, 3.8) is 0 Å². The minimum Gasteiger partial charge on any atom is -0.477 e. The van der Waals surface area contributed by atoms with Crippen molar-refractivity contribution in [2.75, 3.05) is 24.7 Å². The number of thiazole rings is 1. The highest BCUT2D eigenvalue weighted by molar-refractivity contribution is 8.00. The van der Waals surface area contributed by atoms with Crippen LogP contribution in [-0.4, -0.2) is 74.8 Å². The van der Waals surface area contributed by atoms with Gasteiger partial charge in [-0.2, -0.15) is 5.26 Å². The fourth-order valence-electron chi connectivity index (χ4n) is 2.97. The molecule has 0 aromatic carbocycles. The quantitative estimate of drug-likeness (QED) is 0.138. The first-order chi connectivity index (χ1) is 15.6. The Morgan fingerprint density at radius 3 is 2.79 bits per heavy atom. The van der Waals surface area contributed by atoms with Gasteiger partial charge in [-0.05, 0) is 0 Å². The van der Waals surface area contributed by atoms with Gasteiger partial charge in [-0.3, -0.25) is 19.3 Å². The molecule has 16 heteroatoms. The number of nitriles is 1. The van der Waals surface area contributed by atoms with Gasteiger partial charge in [0.15, 0.2) is 10.8 Å². The number of carbonyl (C=O) groups is 4. The Labute approximate surface area is 199 Å². The van der Waals surface area contributed by atoms with Gasteiger partial charge >= 0.3 is 11.9 Å². The van der Waals surface area contributed by atoms with E-state index in [1.54, 1.807) is 6.07 Å². The monoisotopic (exact) mass is 514 g/mol. The molecule has 2 atom stereocenters. The lowest BCUT2D eigenvalue weighted by molar-refractivity contribution is -0.150. The highest BCUT2D eigenvalue weighted by Crippen LogP contribution is 2.40. The van der Waals surface area contributed by atoms with Crippen LogP contribution < -0.4 is 11.1 Å². The van der Waals surface area contributed by atoms with Gasteiger partial charge < -0.3 is 25.7 Å². The van der Waals surface area contributed by atoms with Gasteiger partial charge in [-0.1, -0.05) is 28.1 Å². The third-order valence-corrected chi connectivity index (χ3v) is 6.74. The van der Waals surface area contributed by atoms with Crippen LogP contribution in [0.15, 0.2) is 16.4 Å². The summed E-state index contributed by atoms with van der Waals surface area (Å²) in [5.41, 5.74) is 5.07. The molecule has 1 aromatic rings. The summed E-state index contributed by atoms with van der Waals surface area (Å²) in [7, 11) is 0. The number of oxime groups is 1. The Bertz CT molecular complexity index is 1130. The minimum absolute atomic E-state index is 0.0433. The van der Waals surface area contributed by atoms with Crippen LogP contribution in [0.2, 0.25) is 4.34 Å². The van der Waals surface area contributed by atoms with Crippen molar-refractivity contribution >= 4 is 69.3 Å². The number of nitrogen functional groups attached to an aromatic ring is 1. The number of rotatable bonds is 8. The van der Waals surface area contributed by atoms with E-state index in [2.05, 4.69) is 15.5 Å². The van der Waals surface area contributed by atoms with E-state index in [1.165, 1.54) is 18.7 Å².